The lowest BCUT2D eigenvalue weighted by atomic mass is 10.0. The molecular formula is C18H28F2N2O5S. The van der Waals surface area contributed by atoms with Gasteiger partial charge in [-0.2, -0.15) is 0 Å². The van der Waals surface area contributed by atoms with Crippen molar-refractivity contribution in [1.29, 1.82) is 5.41 Å². The molecule has 0 amide bonds. The maximum absolute atomic E-state index is 13.9. The van der Waals surface area contributed by atoms with Crippen molar-refractivity contribution >= 4 is 21.2 Å². The van der Waals surface area contributed by atoms with Gasteiger partial charge in [0.25, 0.3) is 5.69 Å². The van der Waals surface area contributed by atoms with E-state index in [-0.39, 0.29) is 36.0 Å². The number of halogens is 2. The molecule has 0 aromatic heterocycles. The van der Waals surface area contributed by atoms with Crippen LogP contribution in [0.25, 0.3) is 0 Å². The Labute approximate surface area is 164 Å². The molecule has 28 heavy (non-hydrogen) atoms. The fraction of sp³-hybridized carbons (Fsp3) is 0.611. The van der Waals surface area contributed by atoms with E-state index in [4.69, 9.17) is 5.41 Å². The molecule has 0 saturated heterocycles. The van der Waals surface area contributed by atoms with Gasteiger partial charge in [-0.15, -0.1) is 0 Å². The van der Waals surface area contributed by atoms with Crippen molar-refractivity contribution in [3.8, 4) is 0 Å². The molecule has 7 nitrogen and oxygen atoms in total. The van der Waals surface area contributed by atoms with E-state index in [1.165, 1.54) is 27.9 Å². The van der Waals surface area contributed by atoms with Crippen LogP contribution >= 0.6 is 0 Å². The maximum atomic E-state index is 13.9. The summed E-state index contributed by atoms with van der Waals surface area (Å²) in [6.45, 7) is 5.94. The number of non-ortho nitro benzene ring substituents is 1. The van der Waals surface area contributed by atoms with Crippen molar-refractivity contribution < 1.29 is 26.9 Å². The van der Waals surface area contributed by atoms with Crippen LogP contribution in [0.2, 0.25) is 0 Å². The summed E-state index contributed by atoms with van der Waals surface area (Å²) in [5, 5.41) is 18.6. The van der Waals surface area contributed by atoms with E-state index in [9.17, 15) is 27.3 Å². The molecule has 1 aromatic carbocycles. The Morgan fingerprint density at radius 1 is 1.39 bits per heavy atom. The lowest BCUT2D eigenvalue weighted by Crippen LogP contribution is -2.42. The number of alkyl halides is 1. The van der Waals surface area contributed by atoms with Crippen LogP contribution in [0.4, 0.5) is 14.5 Å². The number of hydrogen-bond donors (Lipinski definition) is 1. The standard InChI is InChI=1S/C15H21FN2O4S.C3H7FO/c1-5-14(17)15(3,4)23(21,22)9-10(2)12-8-11(18(19)20)6-7-13(12)16;1-5-3-2-4/h6-8,10,17H,5,9H2,1-4H3;2-3H2,1H3. The number of benzene rings is 1. The minimum absolute atomic E-state index is 0.0124. The normalized spacial score (nSPS) is 12.7. The quantitative estimate of drug-likeness (QED) is 0.366. The first kappa shape index (κ1) is 26.1. The third kappa shape index (κ3) is 6.90. The second-order valence-corrected chi connectivity index (χ2v) is 9.25. The van der Waals surface area contributed by atoms with Gasteiger partial charge in [-0.1, -0.05) is 13.8 Å². The first-order chi connectivity index (χ1) is 12.8. The van der Waals surface area contributed by atoms with E-state index in [2.05, 4.69) is 4.74 Å². The highest BCUT2D eigenvalue weighted by atomic mass is 32.2. The van der Waals surface area contributed by atoms with Gasteiger partial charge in [0, 0.05) is 25.0 Å². The number of methoxy groups -OCH3 is 1. The van der Waals surface area contributed by atoms with Crippen molar-refractivity contribution in [2.75, 3.05) is 26.1 Å². The van der Waals surface area contributed by atoms with Gasteiger partial charge in [0.15, 0.2) is 9.84 Å². The van der Waals surface area contributed by atoms with Gasteiger partial charge in [0.2, 0.25) is 0 Å². The van der Waals surface area contributed by atoms with Crippen LogP contribution in [0.5, 0.6) is 0 Å². The monoisotopic (exact) mass is 422 g/mol. The Kier molecular flexibility index (Phi) is 10.4. The number of sulfone groups is 1. The number of nitrogens with one attached hydrogen (secondary N) is 1. The average molecular weight is 422 g/mol. The first-order valence-corrected chi connectivity index (χ1v) is 10.3. The lowest BCUT2D eigenvalue weighted by molar-refractivity contribution is -0.385. The van der Waals surface area contributed by atoms with E-state index >= 15 is 0 Å². The molecule has 0 aliphatic heterocycles. The molecule has 0 aliphatic carbocycles. The third-order valence-electron chi connectivity index (χ3n) is 4.33. The molecule has 10 heteroatoms. The van der Waals surface area contributed by atoms with E-state index in [0.29, 0.717) is 6.42 Å². The Morgan fingerprint density at radius 2 is 1.96 bits per heavy atom. The van der Waals surface area contributed by atoms with Crippen LogP contribution in [0.1, 0.15) is 45.6 Å². The molecule has 1 rings (SSSR count). The molecule has 0 spiro atoms. The van der Waals surface area contributed by atoms with E-state index in [0.717, 1.165) is 18.2 Å². The Bertz CT molecular complexity index is 780. The van der Waals surface area contributed by atoms with Crippen molar-refractivity contribution in [1.82, 2.24) is 0 Å². The van der Waals surface area contributed by atoms with Gasteiger partial charge in [0.05, 0.1) is 17.3 Å². The third-order valence-corrected chi connectivity index (χ3v) is 7.07. The summed E-state index contributed by atoms with van der Waals surface area (Å²) < 4.78 is 52.9. The number of nitrogens with zero attached hydrogens (tertiary/aromatic N) is 1. The van der Waals surface area contributed by atoms with Gasteiger partial charge in [0.1, 0.15) is 17.2 Å². The van der Waals surface area contributed by atoms with Crippen LogP contribution < -0.4 is 0 Å². The first-order valence-electron chi connectivity index (χ1n) is 8.64. The molecule has 0 fully saturated rings. The number of hydrogen-bond acceptors (Lipinski definition) is 6. The van der Waals surface area contributed by atoms with Crippen LogP contribution in [-0.2, 0) is 14.6 Å². The summed E-state index contributed by atoms with van der Waals surface area (Å²) in [5.74, 6) is -1.83. The van der Waals surface area contributed by atoms with Gasteiger partial charge in [-0.05, 0) is 37.8 Å². The molecule has 1 atom stereocenters. The fourth-order valence-electron chi connectivity index (χ4n) is 2.34. The van der Waals surface area contributed by atoms with Crippen LogP contribution in [0.3, 0.4) is 0 Å². The molecule has 1 aromatic rings. The van der Waals surface area contributed by atoms with Crippen LogP contribution in [0, 0.1) is 21.3 Å². The van der Waals surface area contributed by atoms with Crippen LogP contribution in [-0.4, -0.2) is 49.9 Å². The Hall–Kier alpha value is -1.94. The van der Waals surface area contributed by atoms with Crippen molar-refractivity contribution in [3.63, 3.8) is 0 Å². The minimum Gasteiger partial charge on any atom is -0.382 e. The predicted octanol–water partition coefficient (Wildman–Crippen LogP) is 4.06. The zero-order chi connectivity index (χ0) is 22.1. The molecule has 160 valence electrons. The highest BCUT2D eigenvalue weighted by Crippen LogP contribution is 2.29. The maximum Gasteiger partial charge on any atom is 0.269 e. The molecule has 0 heterocycles. The number of nitro benzene ring substituents is 1. The predicted molar refractivity (Wildman–Crippen MR) is 105 cm³/mol. The van der Waals surface area contributed by atoms with Crippen molar-refractivity contribution in [2.24, 2.45) is 0 Å². The van der Waals surface area contributed by atoms with Crippen LogP contribution in [0.15, 0.2) is 18.2 Å². The highest BCUT2D eigenvalue weighted by Gasteiger charge is 2.39. The molecule has 0 aliphatic rings. The lowest BCUT2D eigenvalue weighted by Gasteiger charge is -2.27. The summed E-state index contributed by atoms with van der Waals surface area (Å²) in [4.78, 5) is 10.1. The van der Waals surface area contributed by atoms with E-state index in [1.54, 1.807) is 6.92 Å². The molecule has 0 bridgehead atoms. The molecule has 0 radical (unpaired) electrons. The highest BCUT2D eigenvalue weighted by molar-refractivity contribution is 7.93. The Balaban J connectivity index is 0.00000129. The second kappa shape index (κ2) is 11.2. The fourth-order valence-corrected chi connectivity index (χ4v) is 4.11. The van der Waals surface area contributed by atoms with E-state index < -0.39 is 31.2 Å². The van der Waals surface area contributed by atoms with E-state index in [1.807, 2.05) is 0 Å². The molecule has 1 N–H and O–H groups in total. The summed E-state index contributed by atoms with van der Waals surface area (Å²) in [7, 11) is -2.26. The number of rotatable bonds is 9. The molecule has 1 unspecified atom stereocenters. The summed E-state index contributed by atoms with van der Waals surface area (Å²) in [6, 6.07) is 3.07. The van der Waals surface area contributed by atoms with Crippen molar-refractivity contribution in [2.45, 2.75) is 44.8 Å². The minimum atomic E-state index is -3.73. The smallest absolute Gasteiger partial charge is 0.269 e. The number of nitro groups is 1. The van der Waals surface area contributed by atoms with Gasteiger partial charge in [-0.25, -0.2) is 17.2 Å². The van der Waals surface area contributed by atoms with Gasteiger partial charge in [-0.3, -0.25) is 10.1 Å². The van der Waals surface area contributed by atoms with Gasteiger partial charge >= 0.3 is 0 Å². The summed E-state index contributed by atoms with van der Waals surface area (Å²) in [6.07, 6.45) is 0.297. The number of ether oxygens (including phenoxy) is 1. The molecular weight excluding hydrogens is 394 g/mol. The average Bonchev–Trinajstić information content (AvgIpc) is 2.61. The summed E-state index contributed by atoms with van der Waals surface area (Å²) in [5.41, 5.74) is -0.225. The zero-order valence-electron chi connectivity index (χ0n) is 16.8. The Morgan fingerprint density at radius 3 is 2.36 bits per heavy atom. The van der Waals surface area contributed by atoms with Crippen molar-refractivity contribution in [3.05, 3.63) is 39.7 Å². The largest absolute Gasteiger partial charge is 0.382 e. The zero-order valence-corrected chi connectivity index (χ0v) is 17.6. The SMILES string of the molecule is CCC(=N)C(C)(C)S(=O)(=O)CC(C)c1cc([N+](=O)[O-])ccc1F.COCCF. The second-order valence-electron chi connectivity index (χ2n) is 6.67. The molecule has 0 saturated carbocycles. The van der Waals surface area contributed by atoms with Gasteiger partial charge < -0.3 is 10.1 Å². The topological polar surface area (TPSA) is 110 Å². The summed E-state index contributed by atoms with van der Waals surface area (Å²) >= 11 is 0.